The lowest BCUT2D eigenvalue weighted by atomic mass is 9.97. The molecule has 0 atom stereocenters. The van der Waals surface area contributed by atoms with Gasteiger partial charge in [-0.25, -0.2) is 13.1 Å². The maximum absolute atomic E-state index is 12.0. The van der Waals surface area contributed by atoms with Gasteiger partial charge in [-0.05, 0) is 57.6 Å². The number of para-hydroxylation sites is 1. The van der Waals surface area contributed by atoms with Crippen LogP contribution < -0.4 is 10.0 Å². The van der Waals surface area contributed by atoms with Crippen molar-refractivity contribution in [1.29, 1.82) is 0 Å². The lowest BCUT2D eigenvalue weighted by molar-refractivity contribution is 0.198. The van der Waals surface area contributed by atoms with Crippen LogP contribution in [0.4, 0.5) is 5.69 Å². The van der Waals surface area contributed by atoms with Gasteiger partial charge in [-0.15, -0.1) is 0 Å². The maximum atomic E-state index is 12.0. The Balaban J connectivity index is 1.98. The predicted octanol–water partition coefficient (Wildman–Crippen LogP) is 1.74. The van der Waals surface area contributed by atoms with Crippen LogP contribution in [-0.2, 0) is 10.0 Å². The van der Waals surface area contributed by atoms with Gasteiger partial charge in [0.25, 0.3) is 0 Å². The zero-order valence-electron chi connectivity index (χ0n) is 12.8. The Morgan fingerprint density at radius 3 is 2.52 bits per heavy atom. The Kier molecular flexibility index (Phi) is 5.61. The summed E-state index contributed by atoms with van der Waals surface area (Å²) >= 11 is 0. The Hall–Kier alpha value is -1.11. The third-order valence-corrected chi connectivity index (χ3v) is 5.65. The SMILES string of the molecule is CCN1CCC(CNc2ccccc2S(=O)(=O)NC)CC1. The molecule has 1 aromatic rings. The highest BCUT2D eigenvalue weighted by Gasteiger charge is 2.20. The summed E-state index contributed by atoms with van der Waals surface area (Å²) in [5.74, 6) is 0.609. The molecule has 0 bridgehead atoms. The van der Waals surface area contributed by atoms with Crippen molar-refractivity contribution in [2.24, 2.45) is 5.92 Å². The molecular weight excluding hydrogens is 286 g/mol. The van der Waals surface area contributed by atoms with E-state index in [1.165, 1.54) is 19.9 Å². The Labute approximate surface area is 127 Å². The number of anilines is 1. The molecule has 1 aliphatic heterocycles. The topological polar surface area (TPSA) is 61.4 Å². The van der Waals surface area contributed by atoms with Crippen molar-refractivity contribution in [2.45, 2.75) is 24.7 Å². The van der Waals surface area contributed by atoms with Gasteiger partial charge in [-0.2, -0.15) is 0 Å². The second-order valence-corrected chi connectivity index (χ2v) is 7.32. The molecule has 5 nitrogen and oxygen atoms in total. The molecular formula is C15H25N3O2S. The second kappa shape index (κ2) is 7.24. The molecule has 0 unspecified atom stereocenters. The molecule has 6 heteroatoms. The molecule has 1 aliphatic rings. The van der Waals surface area contributed by atoms with Crippen molar-refractivity contribution in [3.8, 4) is 0 Å². The van der Waals surface area contributed by atoms with E-state index in [2.05, 4.69) is 21.9 Å². The first-order valence-corrected chi connectivity index (χ1v) is 9.04. The van der Waals surface area contributed by atoms with Crippen molar-refractivity contribution in [2.75, 3.05) is 38.5 Å². The zero-order valence-corrected chi connectivity index (χ0v) is 13.6. The van der Waals surface area contributed by atoms with Crippen molar-refractivity contribution < 1.29 is 8.42 Å². The fourth-order valence-electron chi connectivity index (χ4n) is 2.72. The summed E-state index contributed by atoms with van der Waals surface area (Å²) in [5.41, 5.74) is 0.685. The molecule has 21 heavy (non-hydrogen) atoms. The van der Waals surface area contributed by atoms with Crippen molar-refractivity contribution >= 4 is 15.7 Å². The fraction of sp³-hybridized carbons (Fsp3) is 0.600. The molecule has 1 saturated heterocycles. The average molecular weight is 311 g/mol. The van der Waals surface area contributed by atoms with Gasteiger partial charge in [-0.1, -0.05) is 19.1 Å². The molecule has 2 N–H and O–H groups in total. The largest absolute Gasteiger partial charge is 0.384 e. The van der Waals surface area contributed by atoms with E-state index in [0.717, 1.165) is 26.2 Å². The van der Waals surface area contributed by atoms with Gasteiger partial charge >= 0.3 is 0 Å². The lowest BCUT2D eigenvalue weighted by Crippen LogP contribution is -2.35. The van der Waals surface area contributed by atoms with Crippen LogP contribution in [0.5, 0.6) is 0 Å². The summed E-state index contributed by atoms with van der Waals surface area (Å²) in [4.78, 5) is 2.77. The molecule has 118 valence electrons. The number of piperidine rings is 1. The van der Waals surface area contributed by atoms with Crippen LogP contribution in [0.1, 0.15) is 19.8 Å². The lowest BCUT2D eigenvalue weighted by Gasteiger charge is -2.31. The van der Waals surface area contributed by atoms with Gasteiger partial charge < -0.3 is 10.2 Å². The van der Waals surface area contributed by atoms with Gasteiger partial charge in [0, 0.05) is 6.54 Å². The quantitative estimate of drug-likeness (QED) is 0.840. The highest BCUT2D eigenvalue weighted by Crippen LogP contribution is 2.23. The Bertz CT molecular complexity index is 552. The number of nitrogens with one attached hydrogen (secondary N) is 2. The number of likely N-dealkylation sites (tertiary alicyclic amines) is 1. The summed E-state index contributed by atoms with van der Waals surface area (Å²) in [6, 6.07) is 7.06. The minimum absolute atomic E-state index is 0.318. The highest BCUT2D eigenvalue weighted by atomic mass is 32.2. The van der Waals surface area contributed by atoms with E-state index in [1.54, 1.807) is 12.1 Å². The third kappa shape index (κ3) is 4.18. The van der Waals surface area contributed by atoms with Crippen LogP contribution in [0.2, 0.25) is 0 Å². The number of hydrogen-bond donors (Lipinski definition) is 2. The first-order valence-electron chi connectivity index (χ1n) is 7.55. The fourth-order valence-corrected chi connectivity index (χ4v) is 3.63. The third-order valence-electron chi connectivity index (χ3n) is 4.18. The first-order chi connectivity index (χ1) is 10.1. The zero-order chi connectivity index (χ0) is 15.3. The van der Waals surface area contributed by atoms with E-state index in [1.807, 2.05) is 12.1 Å². The predicted molar refractivity (Wildman–Crippen MR) is 86.0 cm³/mol. The summed E-state index contributed by atoms with van der Waals surface area (Å²) < 4.78 is 26.4. The van der Waals surface area contributed by atoms with E-state index >= 15 is 0 Å². The summed E-state index contributed by atoms with van der Waals surface area (Å²) in [6.45, 7) is 6.41. The van der Waals surface area contributed by atoms with Gasteiger partial charge in [0.1, 0.15) is 4.90 Å². The van der Waals surface area contributed by atoms with E-state index < -0.39 is 10.0 Å². The molecule has 1 aromatic carbocycles. The highest BCUT2D eigenvalue weighted by molar-refractivity contribution is 7.89. The minimum Gasteiger partial charge on any atom is -0.384 e. The number of nitrogens with zero attached hydrogens (tertiary/aromatic N) is 1. The van der Waals surface area contributed by atoms with Gasteiger partial charge in [0.15, 0.2) is 0 Å². The standard InChI is InChI=1S/C15H25N3O2S/c1-3-18-10-8-13(9-11-18)12-17-14-6-4-5-7-15(14)21(19,20)16-2/h4-7,13,16-17H,3,8-12H2,1-2H3. The van der Waals surface area contributed by atoms with Crippen LogP contribution in [0, 0.1) is 5.92 Å². The monoisotopic (exact) mass is 311 g/mol. The summed E-state index contributed by atoms with van der Waals surface area (Å²) in [5, 5.41) is 3.32. The molecule has 1 heterocycles. The van der Waals surface area contributed by atoms with E-state index in [-0.39, 0.29) is 0 Å². The molecule has 0 saturated carbocycles. The van der Waals surface area contributed by atoms with Gasteiger partial charge in [-0.3, -0.25) is 0 Å². The smallest absolute Gasteiger partial charge is 0.242 e. The summed E-state index contributed by atoms with van der Waals surface area (Å²) in [6.07, 6.45) is 2.34. The van der Waals surface area contributed by atoms with Crippen LogP contribution >= 0.6 is 0 Å². The number of hydrogen-bond acceptors (Lipinski definition) is 4. The Morgan fingerprint density at radius 1 is 1.24 bits per heavy atom. The van der Waals surface area contributed by atoms with E-state index in [9.17, 15) is 8.42 Å². The van der Waals surface area contributed by atoms with Crippen molar-refractivity contribution in [3.63, 3.8) is 0 Å². The van der Waals surface area contributed by atoms with Crippen LogP contribution in [0.25, 0.3) is 0 Å². The molecule has 1 fully saturated rings. The maximum Gasteiger partial charge on any atom is 0.242 e. The number of sulfonamides is 1. The molecule has 0 spiro atoms. The van der Waals surface area contributed by atoms with Crippen molar-refractivity contribution in [1.82, 2.24) is 9.62 Å². The van der Waals surface area contributed by atoms with Gasteiger partial charge in [0.05, 0.1) is 5.69 Å². The van der Waals surface area contributed by atoms with Crippen molar-refractivity contribution in [3.05, 3.63) is 24.3 Å². The molecule has 0 amide bonds. The second-order valence-electron chi connectivity index (χ2n) is 5.46. The molecule has 0 radical (unpaired) electrons. The molecule has 2 rings (SSSR count). The Morgan fingerprint density at radius 2 is 1.90 bits per heavy atom. The van der Waals surface area contributed by atoms with E-state index in [0.29, 0.717) is 16.5 Å². The normalized spacial score (nSPS) is 17.8. The number of benzene rings is 1. The first kappa shape index (κ1) is 16.3. The minimum atomic E-state index is -3.42. The molecule has 0 aromatic heterocycles. The average Bonchev–Trinajstić information content (AvgIpc) is 2.53. The summed E-state index contributed by atoms with van der Waals surface area (Å²) in [7, 11) is -1.98. The van der Waals surface area contributed by atoms with E-state index in [4.69, 9.17) is 0 Å². The molecule has 0 aliphatic carbocycles. The van der Waals surface area contributed by atoms with Gasteiger partial charge in [0.2, 0.25) is 10.0 Å². The number of rotatable bonds is 6. The van der Waals surface area contributed by atoms with Crippen LogP contribution in [0.3, 0.4) is 0 Å². The van der Waals surface area contributed by atoms with Crippen LogP contribution in [-0.4, -0.2) is 46.5 Å². The van der Waals surface area contributed by atoms with Crippen LogP contribution in [0.15, 0.2) is 29.2 Å².